The Morgan fingerprint density at radius 3 is 2.80 bits per heavy atom. The molecule has 1 unspecified atom stereocenters. The summed E-state index contributed by atoms with van der Waals surface area (Å²) in [5, 5.41) is 28.8. The third-order valence-corrected chi connectivity index (χ3v) is 6.91. The fraction of sp³-hybridized carbons (Fsp3) is 0.278. The van der Waals surface area contributed by atoms with Crippen LogP contribution < -0.4 is 21.5 Å². The fourth-order valence-electron chi connectivity index (χ4n) is 3.39. The van der Waals surface area contributed by atoms with Crippen LogP contribution in [-0.2, 0) is 25.6 Å². The number of carbonyl (C=O) groups is 4. The molecule has 0 aromatic carbocycles. The predicted molar refractivity (Wildman–Crippen MR) is 119 cm³/mol. The second-order valence-electron chi connectivity index (χ2n) is 7.20. The molecule has 7 N–H and O–H groups in total. The van der Waals surface area contributed by atoms with E-state index >= 15 is 0 Å². The van der Waals surface area contributed by atoms with Crippen LogP contribution in [0, 0.1) is 0 Å². The van der Waals surface area contributed by atoms with Crippen LogP contribution in [0.5, 0.6) is 5.88 Å². The van der Waals surface area contributed by atoms with E-state index in [1.807, 2.05) is 0 Å². The van der Waals surface area contributed by atoms with E-state index in [2.05, 4.69) is 20.6 Å². The lowest BCUT2D eigenvalue weighted by Crippen LogP contribution is -2.71. The Hall–Kier alpha value is -4.12. The number of thioether (sulfide) groups is 1. The number of thiazole rings is 1. The number of nitrogens with one attached hydrogen (secondary N) is 1. The molecular formula is C18H17N7O8S2. The van der Waals surface area contributed by atoms with Gasteiger partial charge in [0.25, 0.3) is 17.7 Å². The molecule has 2 aliphatic heterocycles. The smallest absolute Gasteiger partial charge is 0.352 e. The number of carbonyl (C=O) groups excluding carboxylic acids is 3. The first-order valence-corrected chi connectivity index (χ1v) is 11.6. The molecule has 4 heterocycles. The molecule has 2 atom stereocenters. The number of ether oxygens (including phenoxy) is 1. The maximum Gasteiger partial charge on any atom is 0.352 e. The van der Waals surface area contributed by atoms with Crippen molar-refractivity contribution in [3.63, 3.8) is 0 Å². The molecule has 184 valence electrons. The quantitative estimate of drug-likeness (QED) is 0.112. The zero-order valence-electron chi connectivity index (χ0n) is 17.5. The number of nitrogens with two attached hydrogens (primary N) is 2. The van der Waals surface area contributed by atoms with Crippen molar-refractivity contribution < 1.29 is 38.8 Å². The first-order valence-electron chi connectivity index (χ1n) is 9.70. The second-order valence-corrected chi connectivity index (χ2v) is 9.20. The van der Waals surface area contributed by atoms with Crippen molar-refractivity contribution in [2.45, 2.75) is 17.8 Å². The van der Waals surface area contributed by atoms with E-state index in [4.69, 9.17) is 20.7 Å². The Kier molecular flexibility index (Phi) is 6.61. The number of fused-ring (bicyclic) bond motifs is 1. The topological polar surface area (TPSA) is 237 Å². The summed E-state index contributed by atoms with van der Waals surface area (Å²) in [5.41, 5.74) is 10.2. The van der Waals surface area contributed by atoms with Gasteiger partial charge in [-0.3, -0.25) is 19.3 Å². The van der Waals surface area contributed by atoms with Crippen LogP contribution in [-0.4, -0.2) is 78.5 Å². The van der Waals surface area contributed by atoms with Crippen LogP contribution in [0.2, 0.25) is 0 Å². The lowest BCUT2D eigenvalue weighted by atomic mass is 10.0. The minimum Gasteiger partial charge on any atom is -0.477 e. The zero-order chi connectivity index (χ0) is 25.3. The van der Waals surface area contributed by atoms with Gasteiger partial charge in [0.15, 0.2) is 10.8 Å². The van der Waals surface area contributed by atoms with Crippen molar-refractivity contribution in [3.05, 3.63) is 34.2 Å². The lowest BCUT2D eigenvalue weighted by molar-refractivity contribution is -0.150. The highest BCUT2D eigenvalue weighted by atomic mass is 32.2. The molecule has 4 rings (SSSR count). The van der Waals surface area contributed by atoms with Crippen molar-refractivity contribution in [2.24, 2.45) is 10.9 Å². The van der Waals surface area contributed by atoms with Crippen LogP contribution in [0.1, 0.15) is 11.5 Å². The Morgan fingerprint density at radius 1 is 1.40 bits per heavy atom. The van der Waals surface area contributed by atoms with E-state index in [0.29, 0.717) is 5.57 Å². The van der Waals surface area contributed by atoms with Gasteiger partial charge in [0.2, 0.25) is 5.91 Å². The third-order valence-electron chi connectivity index (χ3n) is 4.90. The number of rotatable bonds is 9. The van der Waals surface area contributed by atoms with Crippen molar-refractivity contribution in [1.29, 1.82) is 0 Å². The second kappa shape index (κ2) is 9.63. The van der Waals surface area contributed by atoms with Gasteiger partial charge in [-0.1, -0.05) is 5.16 Å². The normalized spacial score (nSPS) is 19.7. The van der Waals surface area contributed by atoms with Crippen LogP contribution in [0.25, 0.3) is 0 Å². The van der Waals surface area contributed by atoms with E-state index in [9.17, 15) is 29.5 Å². The van der Waals surface area contributed by atoms with E-state index in [-0.39, 0.29) is 46.9 Å². The fourth-order valence-corrected chi connectivity index (χ4v) is 5.27. The number of carboxylic acids is 1. The molecule has 3 amide bonds. The summed E-state index contributed by atoms with van der Waals surface area (Å²) in [6, 6.07) is 0.296. The summed E-state index contributed by atoms with van der Waals surface area (Å²) in [5.74, 6) is -3.13. The number of β-lactam (4-membered cyclic amide) rings is 1. The number of aliphatic carboxylic acids is 1. The number of aromatic nitrogens is 2. The number of carboxylic acid groups (broad SMARTS) is 1. The molecule has 17 heteroatoms. The SMILES string of the molecule is NC(=O)Cc1cc(OCC2=C(C(=O)O)N3C(=O)C(NC(=O)/C(=N\O)c4csc(N)n4)[C@H]3SC2)no1. The van der Waals surface area contributed by atoms with Gasteiger partial charge in [-0.05, 0) is 5.16 Å². The Bertz CT molecular complexity index is 1270. The van der Waals surface area contributed by atoms with Crippen molar-refractivity contribution in [2.75, 3.05) is 18.1 Å². The molecule has 1 fully saturated rings. The van der Waals surface area contributed by atoms with Gasteiger partial charge in [-0.2, -0.15) is 0 Å². The van der Waals surface area contributed by atoms with Crippen LogP contribution >= 0.6 is 23.1 Å². The average Bonchev–Trinajstić information content (AvgIpc) is 3.43. The maximum atomic E-state index is 12.8. The van der Waals surface area contributed by atoms with Gasteiger partial charge < -0.3 is 36.4 Å². The third kappa shape index (κ3) is 4.76. The number of anilines is 1. The molecule has 2 aliphatic rings. The summed E-state index contributed by atoms with van der Waals surface area (Å²) in [4.78, 5) is 53.2. The zero-order valence-corrected chi connectivity index (χ0v) is 19.2. The number of primary amides is 1. The van der Waals surface area contributed by atoms with E-state index in [1.54, 1.807) is 0 Å². The van der Waals surface area contributed by atoms with E-state index in [0.717, 1.165) is 16.2 Å². The molecule has 0 aliphatic carbocycles. The van der Waals surface area contributed by atoms with Crippen LogP contribution in [0.4, 0.5) is 5.13 Å². The highest BCUT2D eigenvalue weighted by Gasteiger charge is 2.54. The van der Waals surface area contributed by atoms with Crippen LogP contribution in [0.15, 0.2) is 32.4 Å². The maximum absolute atomic E-state index is 12.8. The summed E-state index contributed by atoms with van der Waals surface area (Å²) in [7, 11) is 0. The molecule has 0 saturated carbocycles. The minimum absolute atomic E-state index is 0.0178. The highest BCUT2D eigenvalue weighted by Crippen LogP contribution is 2.40. The molecule has 15 nitrogen and oxygen atoms in total. The van der Waals surface area contributed by atoms with E-state index < -0.39 is 40.8 Å². The molecule has 0 spiro atoms. The Balaban J connectivity index is 1.45. The number of hydrogen-bond acceptors (Lipinski definition) is 13. The number of nitrogen functional groups attached to an aromatic ring is 1. The molecular weight excluding hydrogens is 506 g/mol. The Labute approximate surface area is 203 Å². The van der Waals surface area contributed by atoms with Gasteiger partial charge >= 0.3 is 5.97 Å². The predicted octanol–water partition coefficient (Wildman–Crippen LogP) is -1.26. The summed E-state index contributed by atoms with van der Waals surface area (Å²) < 4.78 is 10.4. The van der Waals surface area contributed by atoms with Crippen LogP contribution in [0.3, 0.4) is 0 Å². The molecule has 1 saturated heterocycles. The standard InChI is InChI=1S/C18H17N7O8S2/c19-9(26)1-7-2-10(24-33-7)32-3-6-4-34-16-12(15(28)25(16)13(6)17(29)30)22-14(27)11(23-31)8-5-35-18(20)21-8/h2,5,12,16,31H,1,3-4H2,(H2,19,26)(H2,20,21)(H,22,27)(H,29,30)/b23-11-/t12?,16-/m1/s1. The first-order chi connectivity index (χ1) is 16.7. The van der Waals surface area contributed by atoms with Crippen molar-refractivity contribution in [1.82, 2.24) is 20.4 Å². The first kappa shape index (κ1) is 24.0. The van der Waals surface area contributed by atoms with Gasteiger partial charge in [-0.25, -0.2) is 9.78 Å². The molecule has 2 aromatic rings. The summed E-state index contributed by atoms with van der Waals surface area (Å²) >= 11 is 2.25. The molecule has 0 bridgehead atoms. The molecule has 2 aromatic heterocycles. The summed E-state index contributed by atoms with van der Waals surface area (Å²) in [6.45, 7) is -0.211. The molecule has 0 radical (unpaired) electrons. The van der Waals surface area contributed by atoms with Gasteiger partial charge in [0.05, 0.1) is 6.42 Å². The number of nitrogens with zero attached hydrogens (tertiary/aromatic N) is 4. The van der Waals surface area contributed by atoms with Gasteiger partial charge in [0.1, 0.15) is 35.2 Å². The number of amides is 3. The Morgan fingerprint density at radius 2 is 2.17 bits per heavy atom. The number of oxime groups is 1. The number of hydrogen-bond donors (Lipinski definition) is 5. The van der Waals surface area contributed by atoms with Gasteiger partial charge in [0, 0.05) is 22.8 Å². The largest absolute Gasteiger partial charge is 0.477 e. The average molecular weight is 524 g/mol. The van der Waals surface area contributed by atoms with Crippen molar-refractivity contribution >= 4 is 57.6 Å². The van der Waals surface area contributed by atoms with E-state index in [1.165, 1.54) is 23.2 Å². The summed E-state index contributed by atoms with van der Waals surface area (Å²) in [6.07, 6.45) is -0.176. The van der Waals surface area contributed by atoms with Crippen molar-refractivity contribution in [3.8, 4) is 5.88 Å². The highest BCUT2D eigenvalue weighted by molar-refractivity contribution is 8.00. The minimum atomic E-state index is -1.35. The van der Waals surface area contributed by atoms with Gasteiger partial charge in [-0.15, -0.1) is 23.1 Å². The molecule has 35 heavy (non-hydrogen) atoms. The lowest BCUT2D eigenvalue weighted by Gasteiger charge is -2.49. The monoisotopic (exact) mass is 523 g/mol.